The number of carbonyl (C=O) groups is 2. The van der Waals surface area contributed by atoms with Crippen LogP contribution >= 0.6 is 22.6 Å². The predicted octanol–water partition coefficient (Wildman–Crippen LogP) is 3.44. The van der Waals surface area contributed by atoms with Gasteiger partial charge in [0, 0.05) is 16.2 Å². The molecule has 1 aliphatic rings. The highest BCUT2D eigenvalue weighted by Crippen LogP contribution is 2.25. The van der Waals surface area contributed by atoms with Gasteiger partial charge in [-0.2, -0.15) is 0 Å². The Morgan fingerprint density at radius 3 is 2.50 bits per heavy atom. The van der Waals surface area contributed by atoms with Crippen LogP contribution in [-0.4, -0.2) is 42.5 Å². The van der Waals surface area contributed by atoms with Gasteiger partial charge in [-0.25, -0.2) is 14.5 Å². The van der Waals surface area contributed by atoms with Gasteiger partial charge in [0.1, 0.15) is 6.61 Å². The second-order valence-electron chi connectivity index (χ2n) is 5.99. The smallest absolute Gasteiger partial charge is 0.417 e. The lowest BCUT2D eigenvalue weighted by Crippen LogP contribution is -2.46. The molecule has 7 heteroatoms. The molecule has 1 aromatic carbocycles. The van der Waals surface area contributed by atoms with Crippen LogP contribution in [0.4, 0.5) is 15.3 Å². The van der Waals surface area contributed by atoms with E-state index in [9.17, 15) is 9.59 Å². The third-order valence-corrected chi connectivity index (χ3v) is 4.17. The number of carbonyl (C=O) groups excluding carboxylic acids is 2. The minimum atomic E-state index is -0.759. The van der Waals surface area contributed by atoms with E-state index in [2.05, 4.69) is 22.6 Å². The molecule has 1 aromatic rings. The lowest BCUT2D eigenvalue weighted by Gasteiger charge is -2.32. The summed E-state index contributed by atoms with van der Waals surface area (Å²) in [5.41, 5.74) is 0.271. The molecule has 2 rings (SSSR count). The molecule has 1 heterocycles. The quantitative estimate of drug-likeness (QED) is 0.691. The number of cyclic esters (lactones) is 1. The van der Waals surface area contributed by atoms with Crippen LogP contribution in [0.2, 0.25) is 0 Å². The van der Waals surface area contributed by atoms with Crippen molar-refractivity contribution in [2.24, 2.45) is 0 Å². The highest BCUT2D eigenvalue weighted by molar-refractivity contribution is 14.1. The molecule has 1 atom stereocenters. The van der Waals surface area contributed by atoms with Gasteiger partial charge >= 0.3 is 12.2 Å². The SMILES string of the molecule is CN(C(=O)OC1COC(=O)N1c1ccc(I)cc1)C(C)(C)C. The van der Waals surface area contributed by atoms with Gasteiger partial charge in [0.15, 0.2) is 0 Å². The Morgan fingerprint density at radius 1 is 1.36 bits per heavy atom. The first kappa shape index (κ1) is 16.9. The molecule has 0 saturated carbocycles. The van der Waals surface area contributed by atoms with E-state index in [0.717, 1.165) is 3.57 Å². The van der Waals surface area contributed by atoms with Crippen LogP contribution < -0.4 is 4.90 Å². The molecule has 0 aliphatic carbocycles. The van der Waals surface area contributed by atoms with Crippen molar-refractivity contribution in [3.05, 3.63) is 27.8 Å². The van der Waals surface area contributed by atoms with E-state index in [1.54, 1.807) is 19.2 Å². The summed E-state index contributed by atoms with van der Waals surface area (Å²) < 4.78 is 11.5. The summed E-state index contributed by atoms with van der Waals surface area (Å²) in [6.07, 6.45) is -1.77. The van der Waals surface area contributed by atoms with E-state index >= 15 is 0 Å². The van der Waals surface area contributed by atoms with Crippen LogP contribution in [0.25, 0.3) is 0 Å². The van der Waals surface area contributed by atoms with Gasteiger partial charge in [-0.05, 0) is 67.6 Å². The van der Waals surface area contributed by atoms with Crippen molar-refractivity contribution in [3.8, 4) is 0 Å². The summed E-state index contributed by atoms with van der Waals surface area (Å²) in [6, 6.07) is 7.34. The largest absolute Gasteiger partial charge is 0.443 e. The Balaban J connectivity index is 2.15. The molecule has 6 nitrogen and oxygen atoms in total. The highest BCUT2D eigenvalue weighted by Gasteiger charge is 2.38. The minimum absolute atomic E-state index is 0.0224. The minimum Gasteiger partial charge on any atom is -0.443 e. The summed E-state index contributed by atoms with van der Waals surface area (Å²) >= 11 is 2.18. The standard InChI is InChI=1S/C15H19IN2O4/c1-15(2,3)17(4)13(19)22-12-9-21-14(20)18(12)11-7-5-10(16)6-8-11/h5-8,12H,9H2,1-4H3. The molecule has 22 heavy (non-hydrogen) atoms. The Kier molecular flexibility index (Phi) is 4.84. The second-order valence-corrected chi connectivity index (χ2v) is 7.24. The lowest BCUT2D eigenvalue weighted by atomic mass is 10.1. The zero-order chi connectivity index (χ0) is 16.5. The first-order chi connectivity index (χ1) is 10.2. The molecule has 2 amide bonds. The van der Waals surface area contributed by atoms with Crippen molar-refractivity contribution in [3.63, 3.8) is 0 Å². The fourth-order valence-corrected chi connectivity index (χ4v) is 2.19. The topological polar surface area (TPSA) is 59.1 Å². The summed E-state index contributed by atoms with van der Waals surface area (Å²) in [5, 5.41) is 0. The number of halogens is 1. The van der Waals surface area contributed by atoms with Gasteiger partial charge in [-0.1, -0.05) is 0 Å². The lowest BCUT2D eigenvalue weighted by molar-refractivity contribution is 0.0430. The molecule has 0 bridgehead atoms. The van der Waals surface area contributed by atoms with Crippen molar-refractivity contribution in [2.45, 2.75) is 32.5 Å². The van der Waals surface area contributed by atoms with E-state index < -0.39 is 18.4 Å². The van der Waals surface area contributed by atoms with E-state index in [-0.39, 0.29) is 12.1 Å². The summed E-state index contributed by atoms with van der Waals surface area (Å²) in [7, 11) is 1.66. The van der Waals surface area contributed by atoms with Crippen molar-refractivity contribution in [1.82, 2.24) is 4.90 Å². The molecule has 1 unspecified atom stereocenters. The summed E-state index contributed by atoms with van der Waals surface area (Å²) in [4.78, 5) is 26.9. The normalized spacial score (nSPS) is 18.1. The van der Waals surface area contributed by atoms with Crippen LogP contribution in [0.3, 0.4) is 0 Å². The Hall–Kier alpha value is -1.51. The number of rotatable bonds is 2. The van der Waals surface area contributed by atoms with Crippen molar-refractivity contribution in [1.29, 1.82) is 0 Å². The van der Waals surface area contributed by atoms with E-state index in [1.165, 1.54) is 9.80 Å². The van der Waals surface area contributed by atoms with Gasteiger partial charge in [0.2, 0.25) is 6.23 Å². The van der Waals surface area contributed by atoms with Crippen LogP contribution in [-0.2, 0) is 9.47 Å². The van der Waals surface area contributed by atoms with Crippen LogP contribution in [0, 0.1) is 3.57 Å². The van der Waals surface area contributed by atoms with Crippen LogP contribution in [0.1, 0.15) is 20.8 Å². The molecular weight excluding hydrogens is 399 g/mol. The van der Waals surface area contributed by atoms with Gasteiger partial charge in [-0.3, -0.25) is 0 Å². The Morgan fingerprint density at radius 2 is 1.95 bits per heavy atom. The van der Waals surface area contributed by atoms with Crippen LogP contribution in [0.5, 0.6) is 0 Å². The third kappa shape index (κ3) is 3.63. The van der Waals surface area contributed by atoms with Crippen molar-refractivity contribution < 1.29 is 19.1 Å². The average Bonchev–Trinajstić information content (AvgIpc) is 2.79. The van der Waals surface area contributed by atoms with Crippen molar-refractivity contribution >= 4 is 40.5 Å². The Labute approximate surface area is 143 Å². The van der Waals surface area contributed by atoms with Gasteiger partial charge in [0.25, 0.3) is 0 Å². The van der Waals surface area contributed by atoms with E-state index in [0.29, 0.717) is 5.69 Å². The predicted molar refractivity (Wildman–Crippen MR) is 90.8 cm³/mol. The molecule has 0 aromatic heterocycles. The molecule has 0 spiro atoms. The van der Waals surface area contributed by atoms with Gasteiger partial charge < -0.3 is 14.4 Å². The molecule has 120 valence electrons. The molecule has 1 aliphatic heterocycles. The number of hydrogen-bond donors (Lipinski definition) is 0. The molecule has 0 radical (unpaired) electrons. The van der Waals surface area contributed by atoms with Gasteiger partial charge in [0.05, 0.1) is 5.69 Å². The Bertz CT molecular complexity index is 568. The summed E-state index contributed by atoms with van der Waals surface area (Å²) in [6.45, 7) is 5.74. The average molecular weight is 418 g/mol. The molecule has 1 fully saturated rings. The fraction of sp³-hybridized carbons (Fsp3) is 0.467. The maximum absolute atomic E-state index is 12.2. The number of nitrogens with zero attached hydrogens (tertiary/aromatic N) is 2. The number of ether oxygens (including phenoxy) is 2. The zero-order valence-electron chi connectivity index (χ0n) is 13.0. The fourth-order valence-electron chi connectivity index (χ4n) is 1.83. The van der Waals surface area contributed by atoms with E-state index in [4.69, 9.17) is 9.47 Å². The monoisotopic (exact) mass is 418 g/mol. The molecule has 1 saturated heterocycles. The first-order valence-electron chi connectivity index (χ1n) is 6.86. The number of benzene rings is 1. The number of hydrogen-bond acceptors (Lipinski definition) is 4. The maximum Gasteiger partial charge on any atom is 0.417 e. The van der Waals surface area contributed by atoms with Gasteiger partial charge in [-0.15, -0.1) is 0 Å². The number of anilines is 1. The third-order valence-electron chi connectivity index (χ3n) is 3.46. The zero-order valence-corrected chi connectivity index (χ0v) is 15.2. The molecule has 0 N–H and O–H groups in total. The first-order valence-corrected chi connectivity index (χ1v) is 7.94. The van der Waals surface area contributed by atoms with E-state index in [1.807, 2.05) is 32.9 Å². The van der Waals surface area contributed by atoms with Crippen LogP contribution in [0.15, 0.2) is 24.3 Å². The second kappa shape index (κ2) is 6.31. The highest BCUT2D eigenvalue weighted by atomic mass is 127. The van der Waals surface area contributed by atoms with Crippen molar-refractivity contribution in [2.75, 3.05) is 18.6 Å². The maximum atomic E-state index is 12.2. The summed E-state index contributed by atoms with van der Waals surface area (Å²) in [5.74, 6) is 0. The number of amides is 2. The molecular formula is C15H19IN2O4.